The van der Waals surface area contributed by atoms with E-state index < -0.39 is 39.0 Å². The van der Waals surface area contributed by atoms with E-state index in [1.807, 2.05) is 97.1 Å². The Morgan fingerprint density at radius 1 is 0.628 bits per heavy atom. The third-order valence-electron chi connectivity index (χ3n) is 8.09. The maximum absolute atomic E-state index is 11.7. The molecule has 4 aromatic rings. The van der Waals surface area contributed by atoms with E-state index in [9.17, 15) is 10.2 Å². The van der Waals surface area contributed by atoms with Crippen molar-refractivity contribution < 1.29 is 28.8 Å². The summed E-state index contributed by atoms with van der Waals surface area (Å²) < 4.78 is 25.5. The molecule has 226 valence electrons. The average molecular weight is 599 g/mol. The van der Waals surface area contributed by atoms with E-state index in [1.165, 1.54) is 0 Å². The number of ether oxygens (including phenoxy) is 3. The molecule has 1 fully saturated rings. The van der Waals surface area contributed by atoms with Gasteiger partial charge in [-0.1, -0.05) is 142 Å². The zero-order valence-corrected chi connectivity index (χ0v) is 26.1. The van der Waals surface area contributed by atoms with E-state index in [1.54, 1.807) is 0 Å². The molecular weight excluding hydrogens is 556 g/mol. The molecule has 43 heavy (non-hydrogen) atoms. The molecule has 0 aliphatic carbocycles. The van der Waals surface area contributed by atoms with Crippen LogP contribution in [0, 0.1) is 0 Å². The Morgan fingerprint density at radius 2 is 1.05 bits per heavy atom. The highest BCUT2D eigenvalue weighted by Crippen LogP contribution is 2.37. The van der Waals surface area contributed by atoms with Crippen molar-refractivity contribution in [3.05, 3.63) is 132 Å². The van der Waals surface area contributed by atoms with Crippen molar-refractivity contribution in [2.24, 2.45) is 0 Å². The molecule has 1 aliphatic heterocycles. The van der Waals surface area contributed by atoms with Gasteiger partial charge in [-0.15, -0.1) is 0 Å². The summed E-state index contributed by atoms with van der Waals surface area (Å²) in [7, 11) is -2.90. The van der Waals surface area contributed by atoms with Crippen LogP contribution in [0.15, 0.2) is 121 Å². The number of rotatable bonds is 11. The lowest BCUT2D eigenvalue weighted by molar-refractivity contribution is -0.306. The van der Waals surface area contributed by atoms with Gasteiger partial charge >= 0.3 is 0 Å². The lowest BCUT2D eigenvalue weighted by Gasteiger charge is -2.46. The molecule has 4 aromatic carbocycles. The molecule has 5 atom stereocenters. The van der Waals surface area contributed by atoms with Gasteiger partial charge in [0.05, 0.1) is 19.8 Å². The van der Waals surface area contributed by atoms with Crippen LogP contribution in [0.2, 0.25) is 5.04 Å². The highest BCUT2D eigenvalue weighted by Gasteiger charge is 2.52. The fourth-order valence-corrected chi connectivity index (χ4v) is 10.5. The first kappa shape index (κ1) is 31.3. The Balaban J connectivity index is 1.41. The minimum absolute atomic E-state index is 0.0715. The lowest BCUT2D eigenvalue weighted by Crippen LogP contribution is -2.68. The summed E-state index contributed by atoms with van der Waals surface area (Å²) in [4.78, 5) is 0. The third-order valence-corrected chi connectivity index (χ3v) is 13.1. The zero-order valence-electron chi connectivity index (χ0n) is 25.1. The molecule has 0 bridgehead atoms. The normalized spacial score (nSPS) is 22.8. The van der Waals surface area contributed by atoms with Crippen molar-refractivity contribution in [3.63, 3.8) is 0 Å². The van der Waals surface area contributed by atoms with Crippen LogP contribution in [0.5, 0.6) is 0 Å². The Bertz CT molecular complexity index is 1340. The summed E-state index contributed by atoms with van der Waals surface area (Å²) in [5.41, 5.74) is 1.90. The van der Waals surface area contributed by atoms with Gasteiger partial charge in [0.25, 0.3) is 8.32 Å². The standard InChI is InChI=1S/C36H42O6Si/c1-36(2,3)43(29-20-12-6-13-21-29,30-22-14-7-15-23-30)41-26-31-32(37)33(39-24-27-16-8-4-9-17-27)34(35(38)42-31)40-25-28-18-10-5-11-19-28/h4-23,31-35,37-38H,24-26H2,1-3H3/t31-,32-,33+,34-,35+/m1/s1. The van der Waals surface area contributed by atoms with Crippen molar-refractivity contribution in [1.82, 2.24) is 0 Å². The van der Waals surface area contributed by atoms with Crippen LogP contribution in [-0.4, -0.2) is 55.8 Å². The second kappa shape index (κ2) is 14.1. The molecule has 5 rings (SSSR count). The molecule has 0 radical (unpaired) electrons. The van der Waals surface area contributed by atoms with Crippen LogP contribution in [0.3, 0.4) is 0 Å². The van der Waals surface area contributed by atoms with Crippen molar-refractivity contribution in [1.29, 1.82) is 0 Å². The van der Waals surface area contributed by atoms with Crippen molar-refractivity contribution in [2.75, 3.05) is 6.61 Å². The van der Waals surface area contributed by atoms with Gasteiger partial charge in [-0.2, -0.15) is 0 Å². The minimum Gasteiger partial charge on any atom is -0.405 e. The van der Waals surface area contributed by atoms with Gasteiger partial charge in [-0.25, -0.2) is 0 Å². The highest BCUT2D eigenvalue weighted by molar-refractivity contribution is 6.99. The first-order chi connectivity index (χ1) is 20.8. The monoisotopic (exact) mass is 598 g/mol. The van der Waals surface area contributed by atoms with E-state index >= 15 is 0 Å². The minimum atomic E-state index is -2.90. The number of aliphatic hydroxyl groups is 2. The van der Waals surface area contributed by atoms with Crippen molar-refractivity contribution in [2.45, 2.75) is 69.7 Å². The number of hydrogen-bond acceptors (Lipinski definition) is 6. The van der Waals surface area contributed by atoms with Gasteiger partial charge in [-0.3, -0.25) is 0 Å². The summed E-state index contributed by atoms with van der Waals surface area (Å²) in [5, 5.41) is 25.0. The van der Waals surface area contributed by atoms with Crippen LogP contribution < -0.4 is 10.4 Å². The molecule has 0 aromatic heterocycles. The molecule has 6 nitrogen and oxygen atoms in total. The molecular formula is C36H42O6Si. The van der Waals surface area contributed by atoms with Gasteiger partial charge in [0, 0.05) is 0 Å². The molecule has 0 spiro atoms. The zero-order chi connectivity index (χ0) is 30.3. The lowest BCUT2D eigenvalue weighted by atomic mass is 9.98. The third kappa shape index (κ3) is 7.16. The van der Waals surface area contributed by atoms with E-state index in [4.69, 9.17) is 18.6 Å². The second-order valence-corrected chi connectivity index (χ2v) is 16.4. The Kier molecular flexibility index (Phi) is 10.3. The average Bonchev–Trinajstić information content (AvgIpc) is 3.03. The first-order valence-corrected chi connectivity index (χ1v) is 16.8. The van der Waals surface area contributed by atoms with E-state index in [-0.39, 0.29) is 24.9 Å². The predicted octanol–water partition coefficient (Wildman–Crippen LogP) is 4.81. The Morgan fingerprint density at radius 3 is 1.49 bits per heavy atom. The van der Waals surface area contributed by atoms with Crippen molar-refractivity contribution in [3.8, 4) is 0 Å². The van der Waals surface area contributed by atoms with Gasteiger partial charge < -0.3 is 28.8 Å². The van der Waals surface area contributed by atoms with E-state index in [2.05, 4.69) is 45.0 Å². The molecule has 2 N–H and O–H groups in total. The molecule has 1 heterocycles. The smallest absolute Gasteiger partial charge is 0.261 e. The van der Waals surface area contributed by atoms with Gasteiger partial charge in [0.15, 0.2) is 6.29 Å². The fraction of sp³-hybridized carbons (Fsp3) is 0.333. The maximum atomic E-state index is 11.7. The van der Waals surface area contributed by atoms with Crippen LogP contribution in [0.25, 0.3) is 0 Å². The molecule has 1 aliphatic rings. The topological polar surface area (TPSA) is 77.4 Å². The van der Waals surface area contributed by atoms with Gasteiger partial charge in [0.2, 0.25) is 0 Å². The van der Waals surface area contributed by atoms with E-state index in [0.717, 1.165) is 21.5 Å². The summed E-state index contributed by atoms with van der Waals surface area (Å²) in [5.74, 6) is 0. The van der Waals surface area contributed by atoms with Crippen LogP contribution in [0.1, 0.15) is 31.9 Å². The predicted molar refractivity (Wildman–Crippen MR) is 170 cm³/mol. The van der Waals surface area contributed by atoms with Gasteiger partial charge in [0.1, 0.15) is 24.4 Å². The van der Waals surface area contributed by atoms with Crippen molar-refractivity contribution >= 4 is 18.7 Å². The quantitative estimate of drug-likeness (QED) is 0.241. The number of aliphatic hydroxyl groups excluding tert-OH is 2. The Labute approximate surface area is 256 Å². The number of hydrogen-bond donors (Lipinski definition) is 2. The highest BCUT2D eigenvalue weighted by atomic mass is 28.4. The SMILES string of the molecule is CC(C)(C)[Si](OC[C@H]1O[C@H](O)[C@H](OCc2ccccc2)[C@@H](OCc2ccccc2)[C@@H]1O)(c1ccccc1)c1ccccc1. The largest absolute Gasteiger partial charge is 0.405 e. The summed E-state index contributed by atoms with van der Waals surface area (Å²) in [6.07, 6.45) is -5.01. The van der Waals surface area contributed by atoms with E-state index in [0.29, 0.717) is 0 Å². The molecule has 0 amide bonds. The van der Waals surface area contributed by atoms with Crippen LogP contribution >= 0.6 is 0 Å². The Hall–Kier alpha value is -3.14. The fourth-order valence-electron chi connectivity index (χ4n) is 5.92. The molecule has 0 saturated carbocycles. The van der Waals surface area contributed by atoms with Crippen LogP contribution in [-0.2, 0) is 31.9 Å². The maximum Gasteiger partial charge on any atom is 0.261 e. The summed E-state index contributed by atoms with van der Waals surface area (Å²) in [6, 6.07) is 40.1. The molecule has 7 heteroatoms. The number of benzene rings is 4. The summed E-state index contributed by atoms with van der Waals surface area (Å²) in [6.45, 7) is 7.17. The summed E-state index contributed by atoms with van der Waals surface area (Å²) >= 11 is 0. The molecule has 0 unspecified atom stereocenters. The first-order valence-electron chi connectivity index (χ1n) is 14.9. The molecule has 1 saturated heterocycles. The van der Waals surface area contributed by atoms with Gasteiger partial charge in [-0.05, 0) is 26.5 Å². The second-order valence-electron chi connectivity index (χ2n) is 12.1. The van der Waals surface area contributed by atoms with Crippen LogP contribution in [0.4, 0.5) is 0 Å².